The first-order valence-electron chi connectivity index (χ1n) is 24.8. The maximum absolute atomic E-state index is 14.2. The average molecular weight is 995 g/mol. The lowest BCUT2D eigenvalue weighted by molar-refractivity contribution is 0.420. The maximum Gasteiger partial charge on any atom is 0.260 e. The number of likely N-dealkylation sites (N-methyl/N-ethyl adjacent to an activating group) is 1. The first-order chi connectivity index (χ1) is 34.3. The molecule has 0 fully saturated rings. The number of nitrogens with one attached hydrogen (secondary N) is 2. The molecule has 6 aromatic rings. The number of hydrogen-bond donors (Lipinski definition) is 2. The van der Waals surface area contributed by atoms with Gasteiger partial charge in [0.15, 0.2) is 0 Å². The fourth-order valence-corrected chi connectivity index (χ4v) is 8.94. The van der Waals surface area contributed by atoms with Crippen LogP contribution < -0.4 is 21.8 Å². The number of unbranched alkanes of at least 4 members (excludes halogenated alkanes) is 1. The SMILES string of the molecule is C=Cc1cc(-c2ccc(-c3cccnc3)cc2Cl)c(=O)n(CC)c1NC(=NCCCCc1cncc(-c2ccc(-c3cc(C=C)c(NC(=NCCN(C)C)C(C)CC)n(CC)c3=O)c(Cl)c2)c1)C(C)CC. The van der Waals surface area contributed by atoms with Crippen molar-refractivity contribution < 1.29 is 0 Å². The summed E-state index contributed by atoms with van der Waals surface area (Å²) in [7, 11) is 4.06. The van der Waals surface area contributed by atoms with Crippen LogP contribution in [0.25, 0.3) is 56.7 Å². The zero-order chi connectivity index (χ0) is 51.2. The molecule has 13 heteroatoms. The number of halogens is 2. The zero-order valence-electron chi connectivity index (χ0n) is 42.7. The summed E-state index contributed by atoms with van der Waals surface area (Å²) in [5.74, 6) is 3.31. The van der Waals surface area contributed by atoms with Gasteiger partial charge in [-0.15, -0.1) is 0 Å². The molecule has 71 heavy (non-hydrogen) atoms. The highest BCUT2D eigenvalue weighted by Crippen LogP contribution is 2.35. The Morgan fingerprint density at radius 1 is 0.662 bits per heavy atom. The second kappa shape index (κ2) is 25.6. The highest BCUT2D eigenvalue weighted by atomic mass is 35.5. The lowest BCUT2D eigenvalue weighted by atomic mass is 9.99. The van der Waals surface area contributed by atoms with Crippen LogP contribution in [0.2, 0.25) is 10.0 Å². The van der Waals surface area contributed by atoms with E-state index in [9.17, 15) is 9.59 Å². The molecular weight excluding hydrogens is 926 g/mol. The van der Waals surface area contributed by atoms with Crippen LogP contribution in [0, 0.1) is 11.8 Å². The van der Waals surface area contributed by atoms with Crippen LogP contribution in [-0.2, 0) is 19.5 Å². The number of anilines is 2. The monoisotopic (exact) mass is 993 g/mol. The molecule has 0 bridgehead atoms. The van der Waals surface area contributed by atoms with Gasteiger partial charge in [-0.1, -0.05) is 107 Å². The molecule has 0 radical (unpaired) electrons. The summed E-state index contributed by atoms with van der Waals surface area (Å²) in [4.78, 5) is 49.2. The first-order valence-corrected chi connectivity index (χ1v) is 25.5. The summed E-state index contributed by atoms with van der Waals surface area (Å²) in [5, 5.41) is 8.06. The van der Waals surface area contributed by atoms with Crippen molar-refractivity contribution in [3.05, 3.63) is 152 Å². The molecule has 6 rings (SSSR count). The number of nitrogens with zero attached hydrogens (tertiary/aromatic N) is 7. The molecule has 2 aromatic carbocycles. The van der Waals surface area contributed by atoms with Crippen LogP contribution in [0.15, 0.2) is 124 Å². The van der Waals surface area contributed by atoms with E-state index in [0.717, 1.165) is 89.3 Å². The third-order valence-corrected chi connectivity index (χ3v) is 13.6. The van der Waals surface area contributed by atoms with E-state index in [1.54, 1.807) is 33.7 Å². The summed E-state index contributed by atoms with van der Waals surface area (Å²) >= 11 is 13.9. The molecule has 0 amide bonds. The normalized spacial score (nSPS) is 12.8. The van der Waals surface area contributed by atoms with Crippen molar-refractivity contribution in [2.45, 2.75) is 86.7 Å². The van der Waals surface area contributed by atoms with E-state index in [1.165, 1.54) is 0 Å². The first kappa shape index (κ1) is 53.9. The summed E-state index contributed by atoms with van der Waals surface area (Å²) in [6, 6.07) is 21.3. The molecule has 0 aliphatic rings. The van der Waals surface area contributed by atoms with E-state index in [4.69, 9.17) is 33.2 Å². The van der Waals surface area contributed by atoms with E-state index in [0.29, 0.717) is 70.1 Å². The Morgan fingerprint density at radius 2 is 1.18 bits per heavy atom. The van der Waals surface area contributed by atoms with Gasteiger partial charge in [0.2, 0.25) is 0 Å². The molecular formula is C58H69Cl2N9O2. The Hall–Kier alpha value is -6.40. The summed E-state index contributed by atoms with van der Waals surface area (Å²) < 4.78 is 3.48. The van der Waals surface area contributed by atoms with Gasteiger partial charge in [0.1, 0.15) is 23.3 Å². The van der Waals surface area contributed by atoms with Crippen molar-refractivity contribution in [2.75, 3.05) is 44.4 Å². The van der Waals surface area contributed by atoms with Gasteiger partial charge in [-0.05, 0) is 113 Å². The van der Waals surface area contributed by atoms with Gasteiger partial charge in [-0.3, -0.25) is 38.7 Å². The number of aliphatic imine (C=N–C) groups is 2. The standard InChI is InChI=1S/C58H69Cl2N9O2/c1-11-38(7)53(65-55-41(13-3)31-49(57(70)68(55)15-5)47-24-22-43(33-51(47)59)45-21-19-26-61-36-45)63-27-18-17-20-40-30-46(37-62-35-40)44-23-25-48(52(60)34-44)50-32-42(14-4)56(69(16-6)58(50)71)66-54(39(8)12-2)64-28-29-67(9)10/h13-14,19,21-26,30-39H,3-4,11-12,15-18,20,27-29H2,1-2,5-10H3,(H,63,65)(H,64,66). The zero-order valence-corrected chi connectivity index (χ0v) is 44.2. The van der Waals surface area contributed by atoms with E-state index >= 15 is 0 Å². The number of aryl methyl sites for hydroxylation is 1. The Morgan fingerprint density at radius 3 is 1.65 bits per heavy atom. The molecule has 0 aliphatic carbocycles. The van der Waals surface area contributed by atoms with Gasteiger partial charge in [0.25, 0.3) is 11.1 Å². The molecule has 0 aliphatic heterocycles. The number of rotatable bonds is 22. The Bertz CT molecular complexity index is 3010. The predicted molar refractivity (Wildman–Crippen MR) is 303 cm³/mol. The van der Waals surface area contributed by atoms with Crippen molar-refractivity contribution in [1.82, 2.24) is 24.0 Å². The molecule has 2 N–H and O–H groups in total. The predicted octanol–water partition coefficient (Wildman–Crippen LogP) is 13.4. The number of benzene rings is 2. The van der Waals surface area contributed by atoms with Gasteiger partial charge in [-0.2, -0.15) is 0 Å². The molecule has 4 heterocycles. The van der Waals surface area contributed by atoms with Crippen molar-refractivity contribution in [3.8, 4) is 44.5 Å². The van der Waals surface area contributed by atoms with Gasteiger partial charge >= 0.3 is 0 Å². The smallest absolute Gasteiger partial charge is 0.260 e. The highest BCUT2D eigenvalue weighted by Gasteiger charge is 2.21. The molecule has 2 unspecified atom stereocenters. The average Bonchev–Trinajstić information content (AvgIpc) is 3.38. The summed E-state index contributed by atoms with van der Waals surface area (Å²) in [6.07, 6.45) is 15.1. The van der Waals surface area contributed by atoms with Gasteiger partial charge < -0.3 is 15.5 Å². The number of aromatic nitrogens is 4. The van der Waals surface area contributed by atoms with E-state index in [2.05, 4.69) is 72.4 Å². The summed E-state index contributed by atoms with van der Waals surface area (Å²) in [5.41, 5.74) is 8.42. The summed E-state index contributed by atoms with van der Waals surface area (Å²) in [6.45, 7) is 23.7. The molecule has 0 saturated carbocycles. The molecule has 4 aromatic heterocycles. The van der Waals surface area contributed by atoms with E-state index < -0.39 is 0 Å². The molecule has 372 valence electrons. The van der Waals surface area contributed by atoms with Crippen LogP contribution >= 0.6 is 23.2 Å². The topological polar surface area (TPSA) is 122 Å². The van der Waals surface area contributed by atoms with Crippen molar-refractivity contribution in [2.24, 2.45) is 21.8 Å². The quantitative estimate of drug-likeness (QED) is 0.0395. The second-order valence-electron chi connectivity index (χ2n) is 18.1. The van der Waals surface area contributed by atoms with Crippen LogP contribution in [-0.4, -0.2) is 69.4 Å². The minimum Gasteiger partial charge on any atom is -0.329 e. The fourth-order valence-electron chi connectivity index (χ4n) is 8.38. The van der Waals surface area contributed by atoms with Crippen molar-refractivity contribution >= 4 is 58.7 Å². The van der Waals surface area contributed by atoms with Crippen LogP contribution in [0.3, 0.4) is 0 Å². The fraction of sp³-hybridized carbons (Fsp3) is 0.345. The molecule has 2 atom stereocenters. The lowest BCUT2D eigenvalue weighted by Crippen LogP contribution is -2.30. The minimum atomic E-state index is -0.149. The second-order valence-corrected chi connectivity index (χ2v) is 18.9. The van der Waals surface area contributed by atoms with Crippen LogP contribution in [0.5, 0.6) is 0 Å². The van der Waals surface area contributed by atoms with Crippen molar-refractivity contribution in [1.29, 1.82) is 0 Å². The van der Waals surface area contributed by atoms with Gasteiger partial charge in [-0.25, -0.2) is 0 Å². The third kappa shape index (κ3) is 13.1. The Balaban J connectivity index is 1.15. The minimum absolute atomic E-state index is 0.125. The largest absolute Gasteiger partial charge is 0.329 e. The number of pyridine rings is 4. The van der Waals surface area contributed by atoms with Gasteiger partial charge in [0.05, 0.1) is 6.54 Å². The molecule has 11 nitrogen and oxygen atoms in total. The third-order valence-electron chi connectivity index (χ3n) is 13.0. The number of amidine groups is 2. The molecule has 0 spiro atoms. The Kier molecular flexibility index (Phi) is 19.5. The van der Waals surface area contributed by atoms with E-state index in [1.807, 2.05) is 101 Å². The Labute approximate surface area is 430 Å². The molecule has 0 saturated heterocycles. The van der Waals surface area contributed by atoms with E-state index in [-0.39, 0.29) is 23.0 Å². The van der Waals surface area contributed by atoms with Crippen LogP contribution in [0.1, 0.15) is 83.9 Å². The van der Waals surface area contributed by atoms with Crippen molar-refractivity contribution in [3.63, 3.8) is 0 Å². The maximum atomic E-state index is 14.2. The van der Waals surface area contributed by atoms with Gasteiger partial charge in [0, 0.05) is 117 Å². The number of hydrogen-bond acceptors (Lipinski definition) is 7. The lowest BCUT2D eigenvalue weighted by Gasteiger charge is -2.22. The van der Waals surface area contributed by atoms with Crippen LogP contribution in [0.4, 0.5) is 11.6 Å². The highest BCUT2D eigenvalue weighted by molar-refractivity contribution is 6.34.